The summed E-state index contributed by atoms with van der Waals surface area (Å²) in [7, 11) is 4.05. The van der Waals surface area contributed by atoms with Gasteiger partial charge in [0.25, 0.3) is 5.91 Å². The molecule has 2 aromatic carbocycles. The molecule has 0 bridgehead atoms. The van der Waals surface area contributed by atoms with Gasteiger partial charge in [-0.05, 0) is 82.4 Å². The predicted octanol–water partition coefficient (Wildman–Crippen LogP) is 4.81. The molecule has 0 saturated carbocycles. The van der Waals surface area contributed by atoms with Crippen LogP contribution in [0.15, 0.2) is 36.4 Å². The molecule has 3 rings (SSSR count). The van der Waals surface area contributed by atoms with E-state index in [0.29, 0.717) is 17.7 Å². The van der Waals surface area contributed by atoms with Crippen molar-refractivity contribution in [3.63, 3.8) is 0 Å². The highest BCUT2D eigenvalue weighted by Crippen LogP contribution is 2.33. The van der Waals surface area contributed by atoms with E-state index in [1.165, 1.54) is 11.1 Å². The zero-order valence-electron chi connectivity index (χ0n) is 17.1. The standard InChI is InChI=1S/C22H24N4OS.ClH/c1-15-12-16(2)20-19(13-15)24-22(28-20)26(11-5-10-25(3)4)21(27)18-8-6-17(14-23)7-9-18;/h6-9,12-13H,5,10-11H2,1-4H3;1H. The molecule has 0 saturated heterocycles. The first kappa shape index (κ1) is 22.8. The highest BCUT2D eigenvalue weighted by molar-refractivity contribution is 7.22. The fourth-order valence-corrected chi connectivity index (χ4v) is 4.19. The molecule has 0 atom stereocenters. The number of fused-ring (bicyclic) bond motifs is 1. The molecular formula is C22H25ClN4OS. The van der Waals surface area contributed by atoms with Gasteiger partial charge in [-0.25, -0.2) is 4.98 Å². The first-order valence-electron chi connectivity index (χ1n) is 9.23. The molecule has 0 radical (unpaired) electrons. The Morgan fingerprint density at radius 2 is 1.83 bits per heavy atom. The summed E-state index contributed by atoms with van der Waals surface area (Å²) in [5.74, 6) is -0.0864. The zero-order chi connectivity index (χ0) is 20.3. The minimum absolute atomic E-state index is 0. The molecule has 0 fully saturated rings. The van der Waals surface area contributed by atoms with Crippen LogP contribution < -0.4 is 4.90 Å². The van der Waals surface area contributed by atoms with Crippen LogP contribution in [0.2, 0.25) is 0 Å². The fourth-order valence-electron chi connectivity index (χ4n) is 3.15. The van der Waals surface area contributed by atoms with Gasteiger partial charge in [0.2, 0.25) is 0 Å². The SMILES string of the molecule is Cc1cc(C)c2sc(N(CCCN(C)C)C(=O)c3ccc(C#N)cc3)nc2c1.Cl. The average molecular weight is 429 g/mol. The number of aromatic nitrogens is 1. The van der Waals surface area contributed by atoms with E-state index in [0.717, 1.165) is 28.3 Å². The number of carbonyl (C=O) groups excluding carboxylic acids is 1. The Balaban J connectivity index is 0.00000300. The maximum absolute atomic E-state index is 13.2. The number of halogens is 1. The summed E-state index contributed by atoms with van der Waals surface area (Å²) < 4.78 is 1.12. The monoisotopic (exact) mass is 428 g/mol. The summed E-state index contributed by atoms with van der Waals surface area (Å²) in [5.41, 5.74) is 4.39. The minimum Gasteiger partial charge on any atom is -0.309 e. The molecule has 0 aliphatic heterocycles. The molecular weight excluding hydrogens is 404 g/mol. The number of amides is 1. The average Bonchev–Trinajstić information content (AvgIpc) is 3.08. The van der Waals surface area contributed by atoms with Crippen molar-refractivity contribution in [1.29, 1.82) is 5.26 Å². The molecule has 152 valence electrons. The van der Waals surface area contributed by atoms with Crippen molar-refractivity contribution in [2.24, 2.45) is 0 Å². The molecule has 0 unspecified atom stereocenters. The largest absolute Gasteiger partial charge is 0.309 e. The summed E-state index contributed by atoms with van der Waals surface area (Å²) in [5, 5.41) is 9.71. The molecule has 29 heavy (non-hydrogen) atoms. The molecule has 1 amide bonds. The maximum Gasteiger partial charge on any atom is 0.260 e. The van der Waals surface area contributed by atoms with Crippen molar-refractivity contribution in [3.05, 3.63) is 58.7 Å². The summed E-state index contributed by atoms with van der Waals surface area (Å²) in [6.45, 7) is 5.62. The first-order valence-corrected chi connectivity index (χ1v) is 10.0. The number of anilines is 1. The second-order valence-corrected chi connectivity index (χ2v) is 8.21. The van der Waals surface area contributed by atoms with Gasteiger partial charge in [0.1, 0.15) is 0 Å². The maximum atomic E-state index is 13.2. The van der Waals surface area contributed by atoms with Crippen LogP contribution in [0.4, 0.5) is 5.13 Å². The molecule has 1 heterocycles. The number of rotatable bonds is 6. The Morgan fingerprint density at radius 1 is 1.14 bits per heavy atom. The number of benzene rings is 2. The van der Waals surface area contributed by atoms with Crippen molar-refractivity contribution >= 4 is 45.0 Å². The molecule has 1 aromatic heterocycles. The molecule has 0 spiro atoms. The third kappa shape index (κ3) is 5.33. The van der Waals surface area contributed by atoms with Crippen LogP contribution in [0, 0.1) is 25.2 Å². The van der Waals surface area contributed by atoms with E-state index in [2.05, 4.69) is 36.9 Å². The Labute approximate surface area is 182 Å². The van der Waals surface area contributed by atoms with Crippen molar-refractivity contribution < 1.29 is 4.79 Å². The van der Waals surface area contributed by atoms with Crippen molar-refractivity contribution in [3.8, 4) is 6.07 Å². The van der Waals surface area contributed by atoms with Gasteiger partial charge in [-0.2, -0.15) is 5.26 Å². The zero-order valence-corrected chi connectivity index (χ0v) is 18.7. The van der Waals surface area contributed by atoms with Gasteiger partial charge < -0.3 is 4.90 Å². The lowest BCUT2D eigenvalue weighted by Crippen LogP contribution is -2.33. The normalized spacial score (nSPS) is 10.6. The van der Waals surface area contributed by atoms with Gasteiger partial charge in [-0.3, -0.25) is 9.69 Å². The van der Waals surface area contributed by atoms with Crippen LogP contribution in [-0.2, 0) is 0 Å². The van der Waals surface area contributed by atoms with E-state index in [9.17, 15) is 4.79 Å². The van der Waals surface area contributed by atoms with Gasteiger partial charge in [-0.15, -0.1) is 12.4 Å². The topological polar surface area (TPSA) is 60.2 Å². The van der Waals surface area contributed by atoms with Crippen LogP contribution in [0.1, 0.15) is 33.5 Å². The predicted molar refractivity (Wildman–Crippen MR) is 122 cm³/mol. The van der Waals surface area contributed by atoms with Crippen LogP contribution >= 0.6 is 23.7 Å². The van der Waals surface area contributed by atoms with E-state index in [1.54, 1.807) is 40.5 Å². The smallest absolute Gasteiger partial charge is 0.260 e. The highest BCUT2D eigenvalue weighted by Gasteiger charge is 2.21. The third-order valence-electron chi connectivity index (χ3n) is 4.53. The van der Waals surface area contributed by atoms with Gasteiger partial charge in [0.15, 0.2) is 5.13 Å². The number of thiazole rings is 1. The van der Waals surface area contributed by atoms with Crippen LogP contribution in [0.5, 0.6) is 0 Å². The molecule has 5 nitrogen and oxygen atoms in total. The lowest BCUT2D eigenvalue weighted by atomic mass is 10.1. The van der Waals surface area contributed by atoms with Gasteiger partial charge >= 0.3 is 0 Å². The summed E-state index contributed by atoms with van der Waals surface area (Å²) >= 11 is 1.56. The van der Waals surface area contributed by atoms with E-state index in [-0.39, 0.29) is 18.3 Å². The molecule has 0 N–H and O–H groups in total. The van der Waals surface area contributed by atoms with Crippen molar-refractivity contribution in [2.75, 3.05) is 32.1 Å². The molecule has 0 aliphatic carbocycles. The van der Waals surface area contributed by atoms with Crippen molar-refractivity contribution in [2.45, 2.75) is 20.3 Å². The van der Waals surface area contributed by atoms with E-state index >= 15 is 0 Å². The van der Waals surface area contributed by atoms with E-state index in [1.807, 2.05) is 14.1 Å². The number of nitriles is 1. The lowest BCUT2D eigenvalue weighted by Gasteiger charge is -2.21. The van der Waals surface area contributed by atoms with Gasteiger partial charge in [0, 0.05) is 12.1 Å². The molecule has 7 heteroatoms. The first-order chi connectivity index (χ1) is 13.4. The second kappa shape index (κ2) is 9.84. The number of hydrogen-bond donors (Lipinski definition) is 0. The van der Waals surface area contributed by atoms with Gasteiger partial charge in [0.05, 0.1) is 21.8 Å². The Hall–Kier alpha value is -2.46. The van der Waals surface area contributed by atoms with E-state index < -0.39 is 0 Å². The van der Waals surface area contributed by atoms with Crippen LogP contribution in [-0.4, -0.2) is 43.0 Å². The lowest BCUT2D eigenvalue weighted by molar-refractivity contribution is 0.0986. The third-order valence-corrected chi connectivity index (χ3v) is 5.76. The Kier molecular flexibility index (Phi) is 7.74. The van der Waals surface area contributed by atoms with Crippen LogP contribution in [0.25, 0.3) is 10.2 Å². The molecule has 3 aromatic rings. The fraction of sp³-hybridized carbons (Fsp3) is 0.318. The second-order valence-electron chi connectivity index (χ2n) is 7.23. The highest BCUT2D eigenvalue weighted by atomic mass is 35.5. The van der Waals surface area contributed by atoms with Crippen molar-refractivity contribution in [1.82, 2.24) is 9.88 Å². The number of carbonyl (C=O) groups is 1. The summed E-state index contributed by atoms with van der Waals surface area (Å²) in [6, 6.07) is 13.1. The molecule has 0 aliphatic rings. The Bertz CT molecular complexity index is 1040. The van der Waals surface area contributed by atoms with Gasteiger partial charge in [-0.1, -0.05) is 17.4 Å². The summed E-state index contributed by atoms with van der Waals surface area (Å²) in [6.07, 6.45) is 0.850. The van der Waals surface area contributed by atoms with Crippen LogP contribution in [0.3, 0.4) is 0 Å². The summed E-state index contributed by atoms with van der Waals surface area (Å²) in [4.78, 5) is 21.9. The quantitative estimate of drug-likeness (QED) is 0.565. The minimum atomic E-state index is -0.0864. The number of aryl methyl sites for hydroxylation is 2. The Morgan fingerprint density at radius 3 is 2.45 bits per heavy atom. The van der Waals surface area contributed by atoms with E-state index in [4.69, 9.17) is 10.2 Å². The number of hydrogen-bond acceptors (Lipinski definition) is 5. The number of nitrogens with zero attached hydrogens (tertiary/aromatic N) is 4.